The van der Waals surface area contributed by atoms with E-state index in [0.29, 0.717) is 40.7 Å². The SMILES string of the molecule is CC[C@@]1(O)C(=O)OCc2c1cc1n(c2=O)Cc2c-1nc1cc(F)c(Cl)c3c1c2C(NC(C)=O)CC3. The zero-order valence-corrected chi connectivity index (χ0v) is 19.8. The van der Waals surface area contributed by atoms with Crippen LogP contribution in [0.2, 0.25) is 5.02 Å². The number of aliphatic hydroxyl groups is 1. The van der Waals surface area contributed by atoms with E-state index in [4.69, 9.17) is 21.3 Å². The van der Waals surface area contributed by atoms with Gasteiger partial charge in [0, 0.05) is 29.5 Å². The summed E-state index contributed by atoms with van der Waals surface area (Å²) in [4.78, 5) is 42.7. The van der Waals surface area contributed by atoms with E-state index in [1.807, 2.05) is 0 Å². The Labute approximate surface area is 203 Å². The predicted octanol–water partition coefficient (Wildman–Crippen LogP) is 3.00. The molecule has 0 saturated carbocycles. The zero-order chi connectivity index (χ0) is 24.8. The van der Waals surface area contributed by atoms with Crippen LogP contribution in [0.25, 0.3) is 22.3 Å². The van der Waals surface area contributed by atoms with Gasteiger partial charge < -0.3 is 19.7 Å². The van der Waals surface area contributed by atoms with Crippen LogP contribution in [0.5, 0.6) is 0 Å². The molecule has 2 aliphatic heterocycles. The summed E-state index contributed by atoms with van der Waals surface area (Å²) in [6.07, 6.45) is 1.01. The molecule has 1 aromatic carbocycles. The summed E-state index contributed by atoms with van der Waals surface area (Å²) in [7, 11) is 0. The highest BCUT2D eigenvalue weighted by Gasteiger charge is 2.46. The van der Waals surface area contributed by atoms with Gasteiger partial charge in [0.2, 0.25) is 5.91 Å². The first-order chi connectivity index (χ1) is 16.7. The monoisotopic (exact) mass is 497 g/mol. The van der Waals surface area contributed by atoms with Crippen LogP contribution in [-0.2, 0) is 39.5 Å². The van der Waals surface area contributed by atoms with Crippen molar-refractivity contribution in [2.45, 2.75) is 57.9 Å². The first-order valence-electron chi connectivity index (χ1n) is 11.4. The number of esters is 1. The van der Waals surface area contributed by atoms with Gasteiger partial charge in [-0.05, 0) is 36.5 Å². The van der Waals surface area contributed by atoms with Crippen molar-refractivity contribution in [3.8, 4) is 11.4 Å². The van der Waals surface area contributed by atoms with E-state index in [0.717, 1.165) is 11.1 Å². The number of benzene rings is 1. The molecule has 0 saturated heterocycles. The molecule has 3 aliphatic rings. The summed E-state index contributed by atoms with van der Waals surface area (Å²) in [6.45, 7) is 3.02. The van der Waals surface area contributed by atoms with E-state index in [-0.39, 0.29) is 53.2 Å². The van der Waals surface area contributed by atoms with Crippen LogP contribution in [0.3, 0.4) is 0 Å². The van der Waals surface area contributed by atoms with Crippen LogP contribution in [0, 0.1) is 5.82 Å². The van der Waals surface area contributed by atoms with Gasteiger partial charge >= 0.3 is 5.97 Å². The average Bonchev–Trinajstić information content (AvgIpc) is 3.19. The number of ether oxygens (including phenoxy) is 1. The second kappa shape index (κ2) is 7.35. The summed E-state index contributed by atoms with van der Waals surface area (Å²) in [5.41, 5.74) is 1.47. The molecule has 180 valence electrons. The Balaban J connectivity index is 1.68. The fourth-order valence-corrected chi connectivity index (χ4v) is 5.99. The van der Waals surface area contributed by atoms with E-state index in [1.165, 1.54) is 17.6 Å². The molecule has 8 nitrogen and oxygen atoms in total. The van der Waals surface area contributed by atoms with Crippen molar-refractivity contribution in [3.05, 3.63) is 61.1 Å². The summed E-state index contributed by atoms with van der Waals surface area (Å²) in [5, 5.41) is 14.8. The molecule has 0 radical (unpaired) electrons. The van der Waals surface area contributed by atoms with Gasteiger partial charge in [0.1, 0.15) is 12.4 Å². The third-order valence-corrected chi connectivity index (χ3v) is 7.83. The lowest BCUT2D eigenvalue weighted by Gasteiger charge is -2.31. The van der Waals surface area contributed by atoms with Gasteiger partial charge in [0.05, 0.1) is 40.1 Å². The number of nitrogens with one attached hydrogen (secondary N) is 1. The minimum atomic E-state index is -1.94. The normalized spacial score (nSPS) is 21.9. The molecule has 0 spiro atoms. The van der Waals surface area contributed by atoms with Crippen LogP contribution >= 0.6 is 11.6 Å². The van der Waals surface area contributed by atoms with E-state index < -0.39 is 17.4 Å². The van der Waals surface area contributed by atoms with Crippen molar-refractivity contribution >= 4 is 34.4 Å². The molecule has 2 atom stereocenters. The lowest BCUT2D eigenvalue weighted by Crippen LogP contribution is -2.44. The number of aromatic nitrogens is 2. The molecule has 3 aromatic rings. The summed E-state index contributed by atoms with van der Waals surface area (Å²) in [6, 6.07) is 2.51. The highest BCUT2D eigenvalue weighted by molar-refractivity contribution is 6.32. The van der Waals surface area contributed by atoms with Crippen molar-refractivity contribution in [2.24, 2.45) is 0 Å². The third-order valence-electron chi connectivity index (χ3n) is 7.42. The number of carbonyl (C=O) groups excluding carboxylic acids is 2. The van der Waals surface area contributed by atoms with Gasteiger partial charge in [-0.1, -0.05) is 18.5 Å². The number of rotatable bonds is 2. The molecule has 6 rings (SSSR count). The Kier molecular flexibility index (Phi) is 4.66. The van der Waals surface area contributed by atoms with Crippen LogP contribution in [0.1, 0.15) is 60.5 Å². The number of nitrogens with zero attached hydrogens (tertiary/aromatic N) is 2. The predicted molar refractivity (Wildman–Crippen MR) is 124 cm³/mol. The number of hydrogen-bond acceptors (Lipinski definition) is 6. The van der Waals surface area contributed by atoms with Crippen LogP contribution in [0.15, 0.2) is 16.9 Å². The number of hydrogen-bond donors (Lipinski definition) is 2. The summed E-state index contributed by atoms with van der Waals surface area (Å²) in [5.74, 6) is -1.60. The second-order valence-electron chi connectivity index (χ2n) is 9.29. The Morgan fingerprint density at radius 3 is 2.83 bits per heavy atom. The van der Waals surface area contributed by atoms with Gasteiger partial charge in [-0.25, -0.2) is 14.2 Å². The smallest absolute Gasteiger partial charge is 0.343 e. The molecule has 10 heteroatoms. The number of halogens is 2. The van der Waals surface area contributed by atoms with Crippen LogP contribution < -0.4 is 10.9 Å². The van der Waals surface area contributed by atoms with Crippen molar-refractivity contribution in [1.29, 1.82) is 0 Å². The minimum absolute atomic E-state index is 0.0304. The number of aryl methyl sites for hydroxylation is 1. The fraction of sp³-hybridized carbons (Fsp3) is 0.360. The highest BCUT2D eigenvalue weighted by Crippen LogP contribution is 2.46. The number of cyclic esters (lactones) is 1. The first kappa shape index (κ1) is 22.2. The topological polar surface area (TPSA) is 111 Å². The minimum Gasteiger partial charge on any atom is -0.458 e. The van der Waals surface area contributed by atoms with Crippen LogP contribution in [-0.4, -0.2) is 26.5 Å². The van der Waals surface area contributed by atoms with Gasteiger partial charge in [-0.2, -0.15) is 0 Å². The van der Waals surface area contributed by atoms with Crippen molar-refractivity contribution in [2.75, 3.05) is 0 Å². The Hall–Kier alpha value is -3.30. The third kappa shape index (κ3) is 2.88. The molecule has 1 amide bonds. The Morgan fingerprint density at radius 1 is 1.34 bits per heavy atom. The van der Waals surface area contributed by atoms with E-state index in [2.05, 4.69) is 5.32 Å². The molecule has 0 bridgehead atoms. The summed E-state index contributed by atoms with van der Waals surface area (Å²) < 4.78 is 21.4. The molecule has 4 heterocycles. The highest BCUT2D eigenvalue weighted by atomic mass is 35.5. The molecule has 2 N–H and O–H groups in total. The Bertz CT molecular complexity index is 1570. The van der Waals surface area contributed by atoms with Gasteiger partial charge in [0.25, 0.3) is 5.56 Å². The molecule has 0 fully saturated rings. The molecule has 1 aliphatic carbocycles. The lowest BCUT2D eigenvalue weighted by molar-refractivity contribution is -0.172. The summed E-state index contributed by atoms with van der Waals surface area (Å²) >= 11 is 6.33. The van der Waals surface area contributed by atoms with E-state index in [1.54, 1.807) is 13.0 Å². The maximum atomic E-state index is 14.7. The molecular formula is C25H21ClFN3O5. The van der Waals surface area contributed by atoms with Crippen molar-refractivity contribution in [1.82, 2.24) is 14.9 Å². The second-order valence-corrected chi connectivity index (χ2v) is 9.67. The quantitative estimate of drug-likeness (QED) is 0.412. The maximum Gasteiger partial charge on any atom is 0.343 e. The van der Waals surface area contributed by atoms with E-state index >= 15 is 0 Å². The standard InChI is InChI=1S/C25H21ClFN3O5/c1-3-25(34)14-6-18-22-12(8-30(18)23(32)13(14)9-35-24(25)33)20-16(28-10(2)31)5-4-11-19(20)17(29-22)7-15(27)21(11)26/h6-7,16,34H,3-5,8-9H2,1-2H3,(H,28,31)/t16?,25-/m0/s1. The number of carbonyl (C=O) groups is 2. The first-order valence-corrected chi connectivity index (χ1v) is 11.8. The van der Waals surface area contributed by atoms with Gasteiger partial charge in [-0.15, -0.1) is 0 Å². The maximum absolute atomic E-state index is 14.7. The molecule has 2 aromatic heterocycles. The number of pyridine rings is 2. The molecular weight excluding hydrogens is 477 g/mol. The molecule has 1 unspecified atom stereocenters. The lowest BCUT2D eigenvalue weighted by atomic mass is 9.83. The number of amides is 1. The van der Waals surface area contributed by atoms with E-state index in [9.17, 15) is 23.9 Å². The molecule has 35 heavy (non-hydrogen) atoms. The van der Waals surface area contributed by atoms with Crippen LogP contribution in [0.4, 0.5) is 4.39 Å². The number of fused-ring (bicyclic) bond motifs is 5. The zero-order valence-electron chi connectivity index (χ0n) is 19.0. The van der Waals surface area contributed by atoms with Crippen molar-refractivity contribution < 1.29 is 23.8 Å². The average molecular weight is 498 g/mol. The largest absolute Gasteiger partial charge is 0.458 e. The fourth-order valence-electron chi connectivity index (χ4n) is 5.74. The Morgan fingerprint density at radius 2 is 2.11 bits per heavy atom. The van der Waals surface area contributed by atoms with Crippen molar-refractivity contribution in [3.63, 3.8) is 0 Å². The van der Waals surface area contributed by atoms with Gasteiger partial charge in [-0.3, -0.25) is 9.59 Å². The van der Waals surface area contributed by atoms with Gasteiger partial charge in [0.15, 0.2) is 5.60 Å².